The van der Waals surface area contributed by atoms with E-state index in [4.69, 9.17) is 10.00 Å². The Morgan fingerprint density at radius 3 is 2.50 bits per heavy atom. The van der Waals surface area contributed by atoms with Crippen molar-refractivity contribution in [2.24, 2.45) is 0 Å². The number of aromatic amines is 1. The Morgan fingerprint density at radius 1 is 1.20 bits per heavy atom. The summed E-state index contributed by atoms with van der Waals surface area (Å²) in [6.07, 6.45) is 4.70. The molecule has 2 unspecified atom stereocenters. The third-order valence-electron chi connectivity index (χ3n) is 5.68. The van der Waals surface area contributed by atoms with Crippen LogP contribution in [0.4, 0.5) is 17.6 Å². The molecule has 9 heteroatoms. The van der Waals surface area contributed by atoms with Gasteiger partial charge >= 0.3 is 0 Å². The van der Waals surface area contributed by atoms with Crippen molar-refractivity contribution < 1.29 is 4.74 Å². The van der Waals surface area contributed by atoms with Gasteiger partial charge in [0.15, 0.2) is 5.82 Å². The van der Waals surface area contributed by atoms with Crippen LogP contribution >= 0.6 is 0 Å². The topological polar surface area (TPSA) is 115 Å². The number of nitrogens with one attached hydrogen (secondary N) is 3. The Balaban J connectivity index is 1.74. The van der Waals surface area contributed by atoms with Crippen LogP contribution in [-0.2, 0) is 0 Å². The summed E-state index contributed by atoms with van der Waals surface area (Å²) in [5.41, 5.74) is 0.969. The predicted molar refractivity (Wildman–Crippen MR) is 117 cm³/mol. The molecule has 0 amide bonds. The summed E-state index contributed by atoms with van der Waals surface area (Å²) >= 11 is 0. The lowest BCUT2D eigenvalue weighted by Gasteiger charge is -2.45. The molecular weight excluding hydrogens is 380 g/mol. The summed E-state index contributed by atoms with van der Waals surface area (Å²) in [5.74, 6) is 2.36. The smallest absolute Gasteiger partial charge is 0.228 e. The molecule has 0 bridgehead atoms. The van der Waals surface area contributed by atoms with E-state index < -0.39 is 0 Å². The molecule has 0 aliphatic carbocycles. The van der Waals surface area contributed by atoms with E-state index in [1.165, 1.54) is 0 Å². The van der Waals surface area contributed by atoms with Gasteiger partial charge in [-0.25, -0.2) is 0 Å². The van der Waals surface area contributed by atoms with Gasteiger partial charge in [-0.3, -0.25) is 10.00 Å². The summed E-state index contributed by atoms with van der Waals surface area (Å²) in [6, 6.07) is 7.12. The number of nitrogens with zero attached hydrogens (tertiary/aromatic N) is 5. The van der Waals surface area contributed by atoms with Gasteiger partial charge in [-0.05, 0) is 32.6 Å². The van der Waals surface area contributed by atoms with Crippen molar-refractivity contribution in [1.29, 1.82) is 5.26 Å². The van der Waals surface area contributed by atoms with Crippen molar-refractivity contribution >= 4 is 17.6 Å². The number of hydrogen-bond donors (Lipinski definition) is 3. The number of rotatable bonds is 9. The van der Waals surface area contributed by atoms with E-state index in [1.54, 1.807) is 13.2 Å². The lowest BCUT2D eigenvalue weighted by molar-refractivity contribution is 0.0734. The zero-order valence-electron chi connectivity index (χ0n) is 18.3. The normalized spacial score (nSPS) is 21.8. The highest BCUT2D eigenvalue weighted by Gasteiger charge is 2.33. The van der Waals surface area contributed by atoms with E-state index in [0.717, 1.165) is 37.9 Å². The zero-order valence-corrected chi connectivity index (χ0v) is 18.3. The number of likely N-dealkylation sites (tertiary alicyclic amines) is 1. The summed E-state index contributed by atoms with van der Waals surface area (Å²) in [4.78, 5) is 11.6. The third kappa shape index (κ3) is 5.39. The van der Waals surface area contributed by atoms with Crippen LogP contribution in [0, 0.1) is 18.3 Å². The molecule has 1 aliphatic heterocycles. The molecule has 3 rings (SSSR count). The first-order valence-electron chi connectivity index (χ1n) is 10.7. The number of aryl methyl sites for hydroxylation is 1. The Labute approximate surface area is 178 Å². The first-order valence-corrected chi connectivity index (χ1v) is 10.7. The van der Waals surface area contributed by atoms with Crippen molar-refractivity contribution in [3.05, 3.63) is 17.8 Å². The lowest BCUT2D eigenvalue weighted by atomic mass is 9.88. The maximum absolute atomic E-state index is 9.01. The Kier molecular flexibility index (Phi) is 7.46. The molecule has 30 heavy (non-hydrogen) atoms. The van der Waals surface area contributed by atoms with Gasteiger partial charge in [-0.1, -0.05) is 13.8 Å². The fraction of sp³-hybridized carbons (Fsp3) is 0.619. The number of piperidine rings is 1. The average molecular weight is 413 g/mol. The van der Waals surface area contributed by atoms with Gasteiger partial charge in [-0.2, -0.15) is 20.3 Å². The Morgan fingerprint density at radius 2 is 1.93 bits per heavy atom. The van der Waals surface area contributed by atoms with Gasteiger partial charge in [0.1, 0.15) is 5.82 Å². The van der Waals surface area contributed by atoms with Crippen LogP contribution in [0.1, 0.15) is 51.6 Å². The minimum absolute atomic E-state index is 0.269. The van der Waals surface area contributed by atoms with Crippen LogP contribution < -0.4 is 15.4 Å². The number of anilines is 3. The molecule has 0 aromatic carbocycles. The Hall–Kier alpha value is -2.86. The Bertz CT molecular complexity index is 847. The molecule has 0 radical (unpaired) electrons. The second kappa shape index (κ2) is 10.3. The molecule has 2 atom stereocenters. The van der Waals surface area contributed by atoms with Crippen LogP contribution in [-0.4, -0.2) is 56.8 Å². The minimum Gasteiger partial charge on any atom is -0.481 e. The van der Waals surface area contributed by atoms with Crippen LogP contribution in [0.3, 0.4) is 0 Å². The van der Waals surface area contributed by atoms with Gasteiger partial charge in [0, 0.05) is 48.9 Å². The number of hydrogen-bond acceptors (Lipinski definition) is 8. The molecule has 1 saturated heterocycles. The fourth-order valence-electron chi connectivity index (χ4n) is 4.24. The van der Waals surface area contributed by atoms with Crippen molar-refractivity contribution in [2.75, 3.05) is 24.3 Å². The number of ether oxygens (including phenoxy) is 1. The van der Waals surface area contributed by atoms with Gasteiger partial charge < -0.3 is 15.4 Å². The molecule has 3 N–H and O–H groups in total. The summed E-state index contributed by atoms with van der Waals surface area (Å²) in [5, 5.41) is 22.9. The van der Waals surface area contributed by atoms with Gasteiger partial charge in [0.05, 0.1) is 13.2 Å². The standard InChI is InChI=1S/C21H32N8O/c1-5-16-11-15(12-17(6-2)29(16)9-7-8-22)23-21-25-18(13-20(26-21)30-4)24-19-10-14(3)27-28-19/h10,13,15-17H,5-7,9,11-12H2,1-4H3,(H3,23,24,25,26,27,28). The first kappa shape index (κ1) is 21.8. The fourth-order valence-corrected chi connectivity index (χ4v) is 4.24. The van der Waals surface area contributed by atoms with E-state index in [9.17, 15) is 0 Å². The van der Waals surface area contributed by atoms with Crippen molar-refractivity contribution in [2.45, 2.75) is 71.0 Å². The van der Waals surface area contributed by atoms with Gasteiger partial charge in [-0.15, -0.1) is 0 Å². The molecule has 1 fully saturated rings. The zero-order chi connectivity index (χ0) is 21.5. The summed E-state index contributed by atoms with van der Waals surface area (Å²) < 4.78 is 5.38. The number of nitriles is 1. The van der Waals surface area contributed by atoms with E-state index in [1.807, 2.05) is 13.0 Å². The highest BCUT2D eigenvalue weighted by Crippen LogP contribution is 2.29. The lowest BCUT2D eigenvalue weighted by Crippen LogP contribution is -2.52. The van der Waals surface area contributed by atoms with Crippen molar-refractivity contribution in [3.63, 3.8) is 0 Å². The third-order valence-corrected chi connectivity index (χ3v) is 5.68. The molecule has 2 aromatic rings. The molecule has 0 saturated carbocycles. The first-order chi connectivity index (χ1) is 14.6. The van der Waals surface area contributed by atoms with E-state index in [-0.39, 0.29) is 6.04 Å². The monoisotopic (exact) mass is 412 g/mol. The van der Waals surface area contributed by atoms with Crippen LogP contribution in [0.15, 0.2) is 12.1 Å². The highest BCUT2D eigenvalue weighted by molar-refractivity contribution is 5.55. The quantitative estimate of drug-likeness (QED) is 0.572. The number of methoxy groups -OCH3 is 1. The van der Waals surface area contributed by atoms with E-state index in [2.05, 4.69) is 55.6 Å². The van der Waals surface area contributed by atoms with Crippen molar-refractivity contribution in [3.8, 4) is 11.9 Å². The maximum atomic E-state index is 9.01. The van der Waals surface area contributed by atoms with Gasteiger partial charge in [0.2, 0.25) is 11.8 Å². The van der Waals surface area contributed by atoms with E-state index >= 15 is 0 Å². The van der Waals surface area contributed by atoms with Crippen LogP contribution in [0.25, 0.3) is 0 Å². The van der Waals surface area contributed by atoms with Crippen LogP contribution in [0.2, 0.25) is 0 Å². The van der Waals surface area contributed by atoms with E-state index in [0.29, 0.717) is 42.0 Å². The molecule has 162 valence electrons. The molecule has 1 aliphatic rings. The average Bonchev–Trinajstić information content (AvgIpc) is 3.16. The predicted octanol–water partition coefficient (Wildman–Crippen LogP) is 3.61. The SMILES string of the molecule is CCC1CC(Nc2nc(Nc3cc(C)[nH]n3)cc(OC)n2)CC(CC)N1CCC#N. The number of H-pyrrole nitrogens is 1. The molecule has 0 spiro atoms. The second-order valence-electron chi connectivity index (χ2n) is 7.76. The second-order valence-corrected chi connectivity index (χ2v) is 7.76. The maximum Gasteiger partial charge on any atom is 0.228 e. The molecular formula is C21H32N8O. The minimum atomic E-state index is 0.269. The van der Waals surface area contributed by atoms with Crippen LogP contribution in [0.5, 0.6) is 5.88 Å². The van der Waals surface area contributed by atoms with Crippen molar-refractivity contribution in [1.82, 2.24) is 25.1 Å². The molecule has 3 heterocycles. The summed E-state index contributed by atoms with van der Waals surface area (Å²) in [7, 11) is 1.60. The molecule has 2 aromatic heterocycles. The molecule has 9 nitrogen and oxygen atoms in total. The number of aromatic nitrogens is 4. The van der Waals surface area contributed by atoms with Gasteiger partial charge in [0.25, 0.3) is 0 Å². The summed E-state index contributed by atoms with van der Waals surface area (Å²) in [6.45, 7) is 7.22. The highest BCUT2D eigenvalue weighted by atomic mass is 16.5. The largest absolute Gasteiger partial charge is 0.481 e.